The summed E-state index contributed by atoms with van der Waals surface area (Å²) < 4.78 is 30.7. The van der Waals surface area contributed by atoms with Crippen molar-refractivity contribution in [3.05, 3.63) is 47.3 Å². The predicted octanol–water partition coefficient (Wildman–Crippen LogP) is 1.83. The second kappa shape index (κ2) is 6.80. The van der Waals surface area contributed by atoms with Crippen LogP contribution in [0.3, 0.4) is 0 Å². The molecule has 142 valence electrons. The summed E-state index contributed by atoms with van der Waals surface area (Å²) in [5.41, 5.74) is 2.88. The summed E-state index contributed by atoms with van der Waals surface area (Å²) >= 11 is 0. The highest BCUT2D eigenvalue weighted by Crippen LogP contribution is 2.25. The van der Waals surface area contributed by atoms with Gasteiger partial charge in [-0.05, 0) is 13.8 Å². The number of aromatic nitrogens is 4. The van der Waals surface area contributed by atoms with Crippen molar-refractivity contribution in [1.82, 2.24) is 19.9 Å². The molecular weight excluding hydrogens is 366 g/mol. The van der Waals surface area contributed by atoms with E-state index in [1.54, 1.807) is 0 Å². The van der Waals surface area contributed by atoms with Crippen LogP contribution in [-0.4, -0.2) is 52.9 Å². The average molecular weight is 387 g/mol. The lowest BCUT2D eigenvalue weighted by Gasteiger charge is -2.27. The van der Waals surface area contributed by atoms with Crippen molar-refractivity contribution in [3.8, 4) is 11.4 Å². The Bertz CT molecular complexity index is 1040. The van der Waals surface area contributed by atoms with Crippen LogP contribution in [0.25, 0.3) is 11.4 Å². The highest BCUT2D eigenvalue weighted by molar-refractivity contribution is 7.91. The van der Waals surface area contributed by atoms with Crippen molar-refractivity contribution in [2.45, 2.75) is 20.4 Å². The molecule has 0 atom stereocenters. The van der Waals surface area contributed by atoms with Crippen LogP contribution in [0.1, 0.15) is 17.0 Å². The smallest absolute Gasteiger partial charge is 0.227 e. The lowest BCUT2D eigenvalue weighted by atomic mass is 10.1. The fourth-order valence-electron chi connectivity index (χ4n) is 3.16. The van der Waals surface area contributed by atoms with Gasteiger partial charge < -0.3 is 9.42 Å². The van der Waals surface area contributed by atoms with Gasteiger partial charge in [0.2, 0.25) is 5.95 Å². The summed E-state index contributed by atoms with van der Waals surface area (Å²) in [6, 6.07) is 9.95. The SMILES string of the molecule is Cc1ccc(-c2nnc(N3CCS(=O)(=O)CC3)n2Cc2cc(C)on2)cc1. The largest absolute Gasteiger partial charge is 0.361 e. The fraction of sp³-hybridized carbons (Fsp3) is 0.389. The number of rotatable bonds is 4. The molecule has 0 N–H and O–H groups in total. The molecule has 1 fully saturated rings. The zero-order chi connectivity index (χ0) is 19.0. The lowest BCUT2D eigenvalue weighted by molar-refractivity contribution is 0.389. The molecule has 3 heterocycles. The second-order valence-electron chi connectivity index (χ2n) is 6.84. The molecule has 0 unspecified atom stereocenters. The number of sulfone groups is 1. The maximum Gasteiger partial charge on any atom is 0.227 e. The van der Waals surface area contributed by atoms with E-state index in [-0.39, 0.29) is 11.5 Å². The standard InChI is InChI=1S/C18H21N5O3S/c1-13-3-5-15(6-4-13)17-19-20-18(22-7-9-27(24,25)10-8-22)23(17)12-16-11-14(2)26-21-16/h3-6,11H,7-10,12H2,1-2H3. The minimum atomic E-state index is -2.97. The van der Waals surface area contributed by atoms with Crippen molar-refractivity contribution in [2.24, 2.45) is 0 Å². The molecule has 1 saturated heterocycles. The van der Waals surface area contributed by atoms with Crippen LogP contribution in [0.15, 0.2) is 34.9 Å². The first-order valence-corrected chi connectivity index (χ1v) is 10.6. The van der Waals surface area contributed by atoms with Gasteiger partial charge >= 0.3 is 0 Å². The van der Waals surface area contributed by atoms with E-state index in [1.165, 1.54) is 5.56 Å². The highest BCUT2D eigenvalue weighted by Gasteiger charge is 2.27. The average Bonchev–Trinajstić information content (AvgIpc) is 3.23. The highest BCUT2D eigenvalue weighted by atomic mass is 32.2. The van der Waals surface area contributed by atoms with Gasteiger partial charge in [-0.25, -0.2) is 8.42 Å². The first-order valence-electron chi connectivity index (χ1n) is 8.79. The molecule has 1 aliphatic heterocycles. The first kappa shape index (κ1) is 17.7. The molecule has 4 rings (SSSR count). The number of aryl methyl sites for hydroxylation is 2. The maximum absolute atomic E-state index is 11.8. The Morgan fingerprint density at radius 2 is 1.78 bits per heavy atom. The van der Waals surface area contributed by atoms with Gasteiger partial charge in [-0.3, -0.25) is 4.57 Å². The zero-order valence-corrected chi connectivity index (χ0v) is 16.1. The molecule has 0 amide bonds. The molecule has 2 aromatic heterocycles. The van der Waals surface area contributed by atoms with Crippen molar-refractivity contribution < 1.29 is 12.9 Å². The van der Waals surface area contributed by atoms with Gasteiger partial charge in [0, 0.05) is 24.7 Å². The lowest BCUT2D eigenvalue weighted by Crippen LogP contribution is -2.41. The summed E-state index contributed by atoms with van der Waals surface area (Å²) in [6.45, 7) is 5.15. The summed E-state index contributed by atoms with van der Waals surface area (Å²) in [5.74, 6) is 2.37. The number of nitrogens with zero attached hydrogens (tertiary/aromatic N) is 5. The van der Waals surface area contributed by atoms with Crippen LogP contribution >= 0.6 is 0 Å². The van der Waals surface area contributed by atoms with Crippen molar-refractivity contribution >= 4 is 15.8 Å². The van der Waals surface area contributed by atoms with Gasteiger partial charge in [-0.15, -0.1) is 10.2 Å². The maximum atomic E-state index is 11.8. The fourth-order valence-corrected chi connectivity index (χ4v) is 4.36. The predicted molar refractivity (Wildman–Crippen MR) is 101 cm³/mol. The van der Waals surface area contributed by atoms with E-state index in [4.69, 9.17) is 4.52 Å². The van der Waals surface area contributed by atoms with Gasteiger partial charge in [0.05, 0.1) is 18.1 Å². The number of anilines is 1. The van der Waals surface area contributed by atoms with Crippen LogP contribution in [0.5, 0.6) is 0 Å². The summed E-state index contributed by atoms with van der Waals surface area (Å²) in [6.07, 6.45) is 0. The summed E-state index contributed by atoms with van der Waals surface area (Å²) in [5, 5.41) is 12.9. The van der Waals surface area contributed by atoms with Crippen LogP contribution in [0.2, 0.25) is 0 Å². The van der Waals surface area contributed by atoms with E-state index < -0.39 is 9.84 Å². The number of hydrogen-bond acceptors (Lipinski definition) is 7. The quantitative estimate of drug-likeness (QED) is 0.674. The molecule has 1 aromatic carbocycles. The van der Waals surface area contributed by atoms with E-state index >= 15 is 0 Å². The molecule has 8 nitrogen and oxygen atoms in total. The van der Waals surface area contributed by atoms with Crippen molar-refractivity contribution in [2.75, 3.05) is 29.5 Å². The van der Waals surface area contributed by atoms with Gasteiger partial charge in [0.1, 0.15) is 11.5 Å². The Labute approximate surface area is 157 Å². The van der Waals surface area contributed by atoms with Gasteiger partial charge in [-0.1, -0.05) is 35.0 Å². The van der Waals surface area contributed by atoms with Crippen molar-refractivity contribution in [1.29, 1.82) is 0 Å². The van der Waals surface area contributed by atoms with Gasteiger partial charge in [0.15, 0.2) is 15.7 Å². The monoisotopic (exact) mass is 387 g/mol. The third kappa shape index (κ3) is 3.73. The van der Waals surface area contributed by atoms with Crippen molar-refractivity contribution in [3.63, 3.8) is 0 Å². The molecule has 0 bridgehead atoms. The van der Waals surface area contributed by atoms with E-state index in [2.05, 4.69) is 15.4 Å². The molecule has 0 radical (unpaired) electrons. The van der Waals surface area contributed by atoms with E-state index in [9.17, 15) is 8.42 Å². The van der Waals surface area contributed by atoms with Crippen LogP contribution in [-0.2, 0) is 16.4 Å². The number of benzene rings is 1. The molecule has 0 spiro atoms. The van der Waals surface area contributed by atoms with E-state index in [0.29, 0.717) is 25.6 Å². The molecule has 27 heavy (non-hydrogen) atoms. The topological polar surface area (TPSA) is 94.1 Å². The molecule has 3 aromatic rings. The Morgan fingerprint density at radius 3 is 2.41 bits per heavy atom. The first-order chi connectivity index (χ1) is 12.9. The van der Waals surface area contributed by atoms with Gasteiger partial charge in [-0.2, -0.15) is 0 Å². The molecule has 9 heteroatoms. The third-order valence-corrected chi connectivity index (χ3v) is 6.27. The van der Waals surface area contributed by atoms with Crippen LogP contribution in [0, 0.1) is 13.8 Å². The van der Waals surface area contributed by atoms with E-state index in [1.807, 2.05) is 53.6 Å². The summed E-state index contributed by atoms with van der Waals surface area (Å²) in [4.78, 5) is 1.97. The molecule has 0 saturated carbocycles. The van der Waals surface area contributed by atoms with Gasteiger partial charge in [0.25, 0.3) is 0 Å². The Hall–Kier alpha value is -2.68. The Morgan fingerprint density at radius 1 is 1.07 bits per heavy atom. The molecule has 0 aliphatic carbocycles. The molecular formula is C18H21N5O3S. The minimum Gasteiger partial charge on any atom is -0.361 e. The minimum absolute atomic E-state index is 0.128. The third-order valence-electron chi connectivity index (χ3n) is 4.67. The number of hydrogen-bond donors (Lipinski definition) is 0. The Kier molecular flexibility index (Phi) is 4.47. The summed E-state index contributed by atoms with van der Waals surface area (Å²) in [7, 11) is -2.97. The van der Waals surface area contributed by atoms with E-state index in [0.717, 1.165) is 22.8 Å². The van der Waals surface area contributed by atoms with Crippen LogP contribution in [0.4, 0.5) is 5.95 Å². The second-order valence-corrected chi connectivity index (χ2v) is 9.15. The Balaban J connectivity index is 1.73. The normalized spacial score (nSPS) is 16.6. The molecule has 1 aliphatic rings. The van der Waals surface area contributed by atoms with Crippen LogP contribution < -0.4 is 4.90 Å². The zero-order valence-electron chi connectivity index (χ0n) is 15.3.